The zero-order chi connectivity index (χ0) is 13.5. The van der Waals surface area contributed by atoms with Crippen LogP contribution in [0.1, 0.15) is 30.9 Å². The monoisotopic (exact) mass is 341 g/mol. The van der Waals surface area contributed by atoms with E-state index >= 15 is 0 Å². The molecule has 1 aliphatic heterocycles. The van der Waals surface area contributed by atoms with Gasteiger partial charge in [-0.1, -0.05) is 46.3 Å². The van der Waals surface area contributed by atoms with Gasteiger partial charge in [-0.05, 0) is 35.8 Å². The third-order valence-electron chi connectivity index (χ3n) is 3.51. The van der Waals surface area contributed by atoms with Crippen LogP contribution in [0.5, 0.6) is 0 Å². The van der Waals surface area contributed by atoms with Gasteiger partial charge in [0.15, 0.2) is 0 Å². The fraction of sp³-hybridized carbons (Fsp3) is 0.533. The lowest BCUT2D eigenvalue weighted by molar-refractivity contribution is -0.122. The van der Waals surface area contributed by atoms with Crippen molar-refractivity contribution in [1.29, 1.82) is 0 Å². The minimum absolute atomic E-state index is 0.0756. The molecule has 0 spiro atoms. The molecule has 0 radical (unpaired) electrons. The van der Waals surface area contributed by atoms with Crippen LogP contribution < -0.4 is 5.32 Å². The van der Waals surface area contributed by atoms with Gasteiger partial charge >= 0.3 is 0 Å². The fourth-order valence-electron chi connectivity index (χ4n) is 2.36. The largest absolute Gasteiger partial charge is 0.348 e. The van der Waals surface area contributed by atoms with Gasteiger partial charge in [-0.2, -0.15) is 11.8 Å². The van der Waals surface area contributed by atoms with Crippen LogP contribution in [0.2, 0.25) is 0 Å². The Balaban J connectivity index is 1.85. The molecule has 1 aliphatic rings. The van der Waals surface area contributed by atoms with Gasteiger partial charge in [0.1, 0.15) is 0 Å². The molecule has 1 unspecified atom stereocenters. The summed E-state index contributed by atoms with van der Waals surface area (Å²) in [5.74, 6) is 3.18. The summed E-state index contributed by atoms with van der Waals surface area (Å²) >= 11 is 5.49. The average Bonchev–Trinajstić information content (AvgIpc) is 2.47. The Bertz CT molecular complexity index is 392. The van der Waals surface area contributed by atoms with Gasteiger partial charge in [0, 0.05) is 11.8 Å². The van der Waals surface area contributed by atoms with Gasteiger partial charge in [0.25, 0.3) is 0 Å². The molecule has 0 bridgehead atoms. The Morgan fingerprint density at radius 2 is 2.00 bits per heavy atom. The first-order valence-corrected chi connectivity index (χ1v) is 9.05. The Morgan fingerprint density at radius 3 is 2.63 bits per heavy atom. The first-order chi connectivity index (χ1) is 9.29. The average molecular weight is 342 g/mol. The van der Waals surface area contributed by atoms with Crippen LogP contribution in [-0.2, 0) is 4.79 Å². The summed E-state index contributed by atoms with van der Waals surface area (Å²) in [5, 5.41) is 3.89. The Hall–Kier alpha value is -0.480. The van der Waals surface area contributed by atoms with Crippen molar-refractivity contribution in [3.8, 4) is 0 Å². The van der Waals surface area contributed by atoms with E-state index in [2.05, 4.69) is 33.4 Å². The molecule has 2 rings (SSSR count). The van der Waals surface area contributed by atoms with Gasteiger partial charge in [-0.25, -0.2) is 0 Å². The molecule has 1 aromatic carbocycles. The number of halogens is 1. The smallest absolute Gasteiger partial charge is 0.220 e. The maximum absolute atomic E-state index is 12.1. The van der Waals surface area contributed by atoms with Crippen LogP contribution in [-0.4, -0.2) is 22.7 Å². The van der Waals surface area contributed by atoms with E-state index in [0.717, 1.165) is 10.9 Å². The highest BCUT2D eigenvalue weighted by molar-refractivity contribution is 9.09. The molecule has 1 amide bonds. The van der Waals surface area contributed by atoms with E-state index < -0.39 is 0 Å². The maximum Gasteiger partial charge on any atom is 0.220 e. The Morgan fingerprint density at radius 1 is 1.32 bits per heavy atom. The van der Waals surface area contributed by atoms with Crippen molar-refractivity contribution in [3.63, 3.8) is 0 Å². The molecule has 19 heavy (non-hydrogen) atoms. The second-order valence-corrected chi connectivity index (χ2v) is 6.82. The van der Waals surface area contributed by atoms with Crippen LogP contribution in [0.4, 0.5) is 0 Å². The number of thioether (sulfide) groups is 1. The lowest BCUT2D eigenvalue weighted by Gasteiger charge is -2.22. The molecule has 0 aliphatic carbocycles. The maximum atomic E-state index is 12.1. The highest BCUT2D eigenvalue weighted by atomic mass is 79.9. The lowest BCUT2D eigenvalue weighted by atomic mass is 9.98. The van der Waals surface area contributed by atoms with E-state index in [9.17, 15) is 4.79 Å². The number of carbonyl (C=O) groups is 1. The molecular formula is C15H20BrNOS. The highest BCUT2D eigenvalue weighted by Crippen LogP contribution is 2.25. The zero-order valence-corrected chi connectivity index (χ0v) is 13.4. The molecule has 1 heterocycles. The van der Waals surface area contributed by atoms with E-state index in [4.69, 9.17) is 0 Å². The number of hydrogen-bond acceptors (Lipinski definition) is 2. The first kappa shape index (κ1) is 14.9. The number of rotatable bonds is 5. The van der Waals surface area contributed by atoms with Crippen LogP contribution in [0.25, 0.3) is 0 Å². The molecule has 2 nitrogen and oxygen atoms in total. The summed E-state index contributed by atoms with van der Waals surface area (Å²) in [7, 11) is 0. The van der Waals surface area contributed by atoms with E-state index in [-0.39, 0.29) is 11.9 Å². The van der Waals surface area contributed by atoms with Crippen molar-refractivity contribution in [1.82, 2.24) is 5.32 Å². The van der Waals surface area contributed by atoms with Gasteiger partial charge in [0.2, 0.25) is 5.91 Å². The summed E-state index contributed by atoms with van der Waals surface area (Å²) in [4.78, 5) is 12.1. The molecule has 1 aromatic rings. The van der Waals surface area contributed by atoms with Crippen molar-refractivity contribution in [2.24, 2.45) is 5.92 Å². The van der Waals surface area contributed by atoms with Crippen molar-refractivity contribution in [3.05, 3.63) is 35.9 Å². The molecule has 1 saturated heterocycles. The summed E-state index contributed by atoms with van der Waals surface area (Å²) in [5.41, 5.74) is 1.16. The number of amides is 1. The molecule has 1 atom stereocenters. The van der Waals surface area contributed by atoms with Crippen LogP contribution >= 0.6 is 27.7 Å². The topological polar surface area (TPSA) is 29.1 Å². The molecular weight excluding hydrogens is 322 g/mol. The molecule has 0 saturated carbocycles. The van der Waals surface area contributed by atoms with Crippen LogP contribution in [0.15, 0.2) is 30.3 Å². The SMILES string of the molecule is O=C(CC1CCSCC1)NC(CBr)c1ccccc1. The predicted molar refractivity (Wildman–Crippen MR) is 85.8 cm³/mol. The summed E-state index contributed by atoms with van der Waals surface area (Å²) in [6.45, 7) is 0. The van der Waals surface area contributed by atoms with Crippen LogP contribution in [0, 0.1) is 5.92 Å². The number of carbonyl (C=O) groups excluding carboxylic acids is 1. The summed E-state index contributed by atoms with van der Waals surface area (Å²) in [6.07, 6.45) is 3.04. The van der Waals surface area contributed by atoms with E-state index in [0.29, 0.717) is 12.3 Å². The number of benzene rings is 1. The lowest BCUT2D eigenvalue weighted by Crippen LogP contribution is -2.31. The van der Waals surface area contributed by atoms with Crippen molar-refractivity contribution >= 4 is 33.6 Å². The fourth-order valence-corrected chi connectivity index (χ4v) is 4.10. The van der Waals surface area contributed by atoms with E-state index in [1.54, 1.807) is 0 Å². The molecule has 0 aromatic heterocycles. The van der Waals surface area contributed by atoms with Gasteiger partial charge in [0.05, 0.1) is 6.04 Å². The standard InChI is InChI=1S/C15H20BrNOS/c16-11-14(13-4-2-1-3-5-13)17-15(18)10-12-6-8-19-9-7-12/h1-5,12,14H,6-11H2,(H,17,18). The van der Waals surface area contributed by atoms with Crippen molar-refractivity contribution in [2.75, 3.05) is 16.8 Å². The number of nitrogens with one attached hydrogen (secondary N) is 1. The normalized spacial score (nSPS) is 17.9. The third kappa shape index (κ3) is 4.84. The minimum atomic E-state index is 0.0756. The second-order valence-electron chi connectivity index (χ2n) is 4.94. The van der Waals surface area contributed by atoms with Crippen LogP contribution in [0.3, 0.4) is 0 Å². The zero-order valence-electron chi connectivity index (χ0n) is 11.0. The van der Waals surface area contributed by atoms with Gasteiger partial charge < -0.3 is 5.32 Å². The second kappa shape index (κ2) is 7.95. The van der Waals surface area contributed by atoms with Crippen molar-refractivity contribution < 1.29 is 4.79 Å². The minimum Gasteiger partial charge on any atom is -0.348 e. The van der Waals surface area contributed by atoms with Gasteiger partial charge in [-0.15, -0.1) is 0 Å². The number of alkyl halides is 1. The van der Waals surface area contributed by atoms with Crippen molar-refractivity contribution in [2.45, 2.75) is 25.3 Å². The Kier molecular flexibility index (Phi) is 6.24. The molecule has 1 N–H and O–H groups in total. The van der Waals surface area contributed by atoms with E-state index in [1.807, 2.05) is 30.0 Å². The summed E-state index contributed by atoms with van der Waals surface area (Å²) in [6, 6.07) is 10.2. The van der Waals surface area contributed by atoms with Gasteiger partial charge in [-0.3, -0.25) is 4.79 Å². The highest BCUT2D eigenvalue weighted by Gasteiger charge is 2.19. The third-order valence-corrected chi connectivity index (χ3v) is 5.20. The molecule has 1 fully saturated rings. The van der Waals surface area contributed by atoms with E-state index in [1.165, 1.54) is 24.3 Å². The quantitative estimate of drug-likeness (QED) is 0.826. The molecule has 104 valence electrons. The number of hydrogen-bond donors (Lipinski definition) is 1. The summed E-state index contributed by atoms with van der Waals surface area (Å²) < 4.78 is 0. The first-order valence-electron chi connectivity index (χ1n) is 6.77. The Labute approximate surface area is 127 Å². The predicted octanol–water partition coefficient (Wildman–Crippen LogP) is 3.77. The molecule has 4 heteroatoms.